The number of anilines is 1. The maximum absolute atomic E-state index is 6.39. The highest BCUT2D eigenvalue weighted by atomic mass is 35.5. The molecule has 0 radical (unpaired) electrons. The van der Waals surface area contributed by atoms with Gasteiger partial charge in [0.05, 0.1) is 10.7 Å². The number of nitrogens with zero attached hydrogens (tertiary/aromatic N) is 2. The van der Waals surface area contributed by atoms with Crippen LogP contribution in [-0.4, -0.2) is 45.2 Å². The zero-order valence-corrected chi connectivity index (χ0v) is 12.2. The molecule has 1 saturated heterocycles. The molecule has 1 N–H and O–H groups in total. The molecular weight excluding hydrogens is 246 g/mol. The Kier molecular flexibility index (Phi) is 4.49. The highest BCUT2D eigenvalue weighted by Gasteiger charge is 2.26. The van der Waals surface area contributed by atoms with Gasteiger partial charge in [0.25, 0.3) is 0 Å². The van der Waals surface area contributed by atoms with Gasteiger partial charge < -0.3 is 15.1 Å². The lowest BCUT2D eigenvalue weighted by Crippen LogP contribution is -2.32. The summed E-state index contributed by atoms with van der Waals surface area (Å²) in [4.78, 5) is 4.72. The molecule has 1 aliphatic rings. The minimum Gasteiger partial charge on any atom is -0.368 e. The lowest BCUT2D eigenvalue weighted by Gasteiger charge is -2.25. The number of hydrogen-bond acceptors (Lipinski definition) is 3. The zero-order valence-electron chi connectivity index (χ0n) is 11.4. The lowest BCUT2D eigenvalue weighted by atomic mass is 10.1. The van der Waals surface area contributed by atoms with Gasteiger partial charge in [-0.2, -0.15) is 0 Å². The van der Waals surface area contributed by atoms with Gasteiger partial charge in [-0.3, -0.25) is 0 Å². The van der Waals surface area contributed by atoms with E-state index in [0.717, 1.165) is 24.7 Å². The SMILES string of the molecule is CNCc1cccc(Cl)c1N1CCC(N(C)C)C1. The number of rotatable bonds is 4. The second-order valence-electron chi connectivity index (χ2n) is 5.13. The van der Waals surface area contributed by atoms with E-state index in [0.29, 0.717) is 6.04 Å². The molecule has 100 valence electrons. The molecule has 1 atom stereocenters. The second-order valence-corrected chi connectivity index (χ2v) is 5.54. The Bertz CT molecular complexity index is 406. The Morgan fingerprint density at radius 1 is 1.44 bits per heavy atom. The highest BCUT2D eigenvalue weighted by Crippen LogP contribution is 2.33. The van der Waals surface area contributed by atoms with E-state index in [4.69, 9.17) is 11.6 Å². The maximum atomic E-state index is 6.39. The van der Waals surface area contributed by atoms with Crippen molar-refractivity contribution < 1.29 is 0 Å². The predicted molar refractivity (Wildman–Crippen MR) is 78.5 cm³/mol. The van der Waals surface area contributed by atoms with Crippen LogP contribution < -0.4 is 10.2 Å². The third-order valence-corrected chi connectivity index (χ3v) is 3.95. The average molecular weight is 268 g/mol. The van der Waals surface area contributed by atoms with Gasteiger partial charge in [-0.25, -0.2) is 0 Å². The standard InChI is InChI=1S/C14H22ClN3/c1-16-9-11-5-4-6-13(15)14(11)18-8-7-12(10-18)17(2)3/h4-6,12,16H,7-10H2,1-3H3. The Morgan fingerprint density at radius 2 is 2.22 bits per heavy atom. The van der Waals surface area contributed by atoms with Crippen molar-refractivity contribution in [2.45, 2.75) is 19.0 Å². The summed E-state index contributed by atoms with van der Waals surface area (Å²) < 4.78 is 0. The van der Waals surface area contributed by atoms with E-state index in [1.54, 1.807) is 0 Å². The third kappa shape index (κ3) is 2.79. The third-order valence-electron chi connectivity index (χ3n) is 3.65. The summed E-state index contributed by atoms with van der Waals surface area (Å²) in [6.07, 6.45) is 1.21. The van der Waals surface area contributed by atoms with Crippen LogP contribution in [-0.2, 0) is 6.54 Å². The van der Waals surface area contributed by atoms with Crippen LogP contribution >= 0.6 is 11.6 Å². The quantitative estimate of drug-likeness (QED) is 0.902. The molecule has 18 heavy (non-hydrogen) atoms. The topological polar surface area (TPSA) is 18.5 Å². The number of halogens is 1. The molecule has 2 rings (SSSR count). The van der Waals surface area contributed by atoms with Gasteiger partial charge in [0, 0.05) is 25.7 Å². The summed E-state index contributed by atoms with van der Waals surface area (Å²) in [5.74, 6) is 0. The van der Waals surface area contributed by atoms with Gasteiger partial charge in [-0.15, -0.1) is 0 Å². The minimum atomic E-state index is 0.628. The van der Waals surface area contributed by atoms with E-state index in [-0.39, 0.29) is 0 Å². The zero-order chi connectivity index (χ0) is 13.1. The molecule has 0 spiro atoms. The van der Waals surface area contributed by atoms with Crippen molar-refractivity contribution in [3.63, 3.8) is 0 Å². The van der Waals surface area contributed by atoms with E-state index in [1.165, 1.54) is 17.7 Å². The van der Waals surface area contributed by atoms with Crippen LogP contribution in [0.15, 0.2) is 18.2 Å². The first-order chi connectivity index (χ1) is 8.63. The Labute approximate surface area is 115 Å². The predicted octanol–water partition coefficient (Wildman–Crippen LogP) is 2.20. The molecule has 1 heterocycles. The van der Waals surface area contributed by atoms with Crippen molar-refractivity contribution in [2.24, 2.45) is 0 Å². The highest BCUT2D eigenvalue weighted by molar-refractivity contribution is 6.33. The molecule has 0 aliphatic carbocycles. The van der Waals surface area contributed by atoms with Crippen molar-refractivity contribution >= 4 is 17.3 Å². The fourth-order valence-electron chi connectivity index (χ4n) is 2.61. The van der Waals surface area contributed by atoms with Crippen molar-refractivity contribution in [1.29, 1.82) is 0 Å². The van der Waals surface area contributed by atoms with Crippen LogP contribution in [0.5, 0.6) is 0 Å². The first kappa shape index (κ1) is 13.7. The summed E-state index contributed by atoms with van der Waals surface area (Å²) in [6, 6.07) is 6.79. The summed E-state index contributed by atoms with van der Waals surface area (Å²) in [6.45, 7) is 3.01. The number of benzene rings is 1. The van der Waals surface area contributed by atoms with Gasteiger partial charge in [-0.1, -0.05) is 23.7 Å². The first-order valence-corrected chi connectivity index (χ1v) is 6.84. The fourth-order valence-corrected chi connectivity index (χ4v) is 2.93. The molecular formula is C14H22ClN3. The van der Waals surface area contributed by atoms with Gasteiger partial charge in [-0.05, 0) is 39.2 Å². The Morgan fingerprint density at radius 3 is 2.83 bits per heavy atom. The van der Waals surface area contributed by atoms with Crippen LogP contribution in [0.2, 0.25) is 5.02 Å². The largest absolute Gasteiger partial charge is 0.368 e. The number of hydrogen-bond donors (Lipinski definition) is 1. The van der Waals surface area contributed by atoms with E-state index in [9.17, 15) is 0 Å². The fraction of sp³-hybridized carbons (Fsp3) is 0.571. The monoisotopic (exact) mass is 267 g/mol. The van der Waals surface area contributed by atoms with Crippen molar-refractivity contribution in [1.82, 2.24) is 10.2 Å². The molecule has 0 saturated carbocycles. The molecule has 0 aromatic heterocycles. The molecule has 1 aromatic carbocycles. The summed E-state index contributed by atoms with van der Waals surface area (Å²) in [5, 5.41) is 4.08. The molecule has 3 nitrogen and oxygen atoms in total. The first-order valence-electron chi connectivity index (χ1n) is 6.47. The Hall–Kier alpha value is -0.770. The molecule has 1 aromatic rings. The van der Waals surface area contributed by atoms with Gasteiger partial charge >= 0.3 is 0 Å². The van der Waals surface area contributed by atoms with E-state index >= 15 is 0 Å². The van der Waals surface area contributed by atoms with Crippen molar-refractivity contribution in [2.75, 3.05) is 39.1 Å². The van der Waals surface area contributed by atoms with Gasteiger partial charge in [0.15, 0.2) is 0 Å². The summed E-state index contributed by atoms with van der Waals surface area (Å²) in [5.41, 5.74) is 2.49. The normalized spacial score (nSPS) is 19.8. The van der Waals surface area contributed by atoms with Gasteiger partial charge in [0.1, 0.15) is 0 Å². The molecule has 0 amide bonds. The van der Waals surface area contributed by atoms with Crippen LogP contribution in [0.25, 0.3) is 0 Å². The van der Waals surface area contributed by atoms with Crippen molar-refractivity contribution in [3.05, 3.63) is 28.8 Å². The summed E-state index contributed by atoms with van der Waals surface area (Å²) >= 11 is 6.39. The molecule has 1 unspecified atom stereocenters. The number of para-hydroxylation sites is 1. The van der Waals surface area contributed by atoms with Crippen molar-refractivity contribution in [3.8, 4) is 0 Å². The molecule has 4 heteroatoms. The molecule has 0 bridgehead atoms. The number of nitrogens with one attached hydrogen (secondary N) is 1. The van der Waals surface area contributed by atoms with E-state index < -0.39 is 0 Å². The van der Waals surface area contributed by atoms with Crippen LogP contribution in [0.3, 0.4) is 0 Å². The maximum Gasteiger partial charge on any atom is 0.0642 e. The van der Waals surface area contributed by atoms with Crippen LogP contribution in [0, 0.1) is 0 Å². The number of likely N-dealkylation sites (N-methyl/N-ethyl adjacent to an activating group) is 1. The van der Waals surface area contributed by atoms with Crippen LogP contribution in [0.1, 0.15) is 12.0 Å². The van der Waals surface area contributed by atoms with E-state index in [2.05, 4.69) is 35.3 Å². The summed E-state index contributed by atoms with van der Waals surface area (Å²) in [7, 11) is 6.27. The molecule has 1 aliphatic heterocycles. The smallest absolute Gasteiger partial charge is 0.0642 e. The second kappa shape index (κ2) is 5.91. The van der Waals surface area contributed by atoms with Crippen LogP contribution in [0.4, 0.5) is 5.69 Å². The van der Waals surface area contributed by atoms with E-state index in [1.807, 2.05) is 19.2 Å². The molecule has 1 fully saturated rings. The minimum absolute atomic E-state index is 0.628. The average Bonchev–Trinajstić information content (AvgIpc) is 2.79. The Balaban J connectivity index is 2.23. The van der Waals surface area contributed by atoms with Gasteiger partial charge in [0.2, 0.25) is 0 Å². The lowest BCUT2D eigenvalue weighted by molar-refractivity contribution is 0.315.